The molecule has 1 aliphatic rings. The Hall–Kier alpha value is -1.35. The molecule has 0 saturated carbocycles. The molecule has 9 heteroatoms. The van der Waals surface area contributed by atoms with Gasteiger partial charge in [-0.1, -0.05) is 11.6 Å². The Labute approximate surface area is 150 Å². The number of benzene rings is 1. The van der Waals surface area contributed by atoms with Crippen molar-refractivity contribution in [3.8, 4) is 5.75 Å². The van der Waals surface area contributed by atoms with Gasteiger partial charge in [-0.2, -0.15) is 0 Å². The fourth-order valence-corrected chi connectivity index (χ4v) is 5.01. The molecule has 0 radical (unpaired) electrons. The zero-order valence-electron chi connectivity index (χ0n) is 13.1. The highest BCUT2D eigenvalue weighted by atomic mass is 35.5. The number of sulfonamides is 1. The maximum atomic E-state index is 12.5. The summed E-state index contributed by atoms with van der Waals surface area (Å²) < 4.78 is 32.9. The van der Waals surface area contributed by atoms with Crippen LogP contribution in [0.5, 0.6) is 5.75 Å². The zero-order valence-corrected chi connectivity index (χ0v) is 15.5. The molecule has 1 aliphatic heterocycles. The summed E-state index contributed by atoms with van der Waals surface area (Å²) in [6.07, 6.45) is 3.26. The van der Waals surface area contributed by atoms with E-state index in [1.807, 2.05) is 5.38 Å². The minimum absolute atomic E-state index is 0.0907. The van der Waals surface area contributed by atoms with Gasteiger partial charge in [0.1, 0.15) is 5.75 Å². The lowest BCUT2D eigenvalue weighted by molar-refractivity contribution is 0.414. The van der Waals surface area contributed by atoms with Crippen molar-refractivity contribution in [1.82, 2.24) is 9.71 Å². The standard InChI is InChI=1S/C15H18ClN3O3S2/c1-22-14-3-2-12(10-13(14)16)24(20,21)18-11-4-7-19(8-5-11)15-17-6-9-23-15/h2-3,6,9-11,18H,4-5,7-8H2,1H3. The van der Waals surface area contributed by atoms with Gasteiger partial charge in [0.2, 0.25) is 10.0 Å². The zero-order chi connectivity index (χ0) is 17.2. The van der Waals surface area contributed by atoms with Gasteiger partial charge in [0.05, 0.1) is 17.0 Å². The quantitative estimate of drug-likeness (QED) is 0.854. The lowest BCUT2D eigenvalue weighted by Crippen LogP contribution is -2.44. The number of rotatable bonds is 5. The summed E-state index contributed by atoms with van der Waals surface area (Å²) in [5.41, 5.74) is 0. The molecule has 1 N–H and O–H groups in total. The minimum atomic E-state index is -3.60. The Kier molecular flexibility index (Phi) is 5.29. The van der Waals surface area contributed by atoms with Crippen molar-refractivity contribution in [1.29, 1.82) is 0 Å². The van der Waals surface area contributed by atoms with E-state index >= 15 is 0 Å². The van der Waals surface area contributed by atoms with Crippen molar-refractivity contribution in [2.24, 2.45) is 0 Å². The summed E-state index contributed by atoms with van der Waals surface area (Å²) in [6.45, 7) is 1.56. The molecule has 1 saturated heterocycles. The van der Waals surface area contributed by atoms with Crippen LogP contribution in [0.3, 0.4) is 0 Å². The van der Waals surface area contributed by atoms with Crippen LogP contribution in [-0.2, 0) is 10.0 Å². The van der Waals surface area contributed by atoms with Crippen LogP contribution in [0.15, 0.2) is 34.7 Å². The smallest absolute Gasteiger partial charge is 0.240 e. The molecule has 0 amide bonds. The lowest BCUT2D eigenvalue weighted by atomic mass is 10.1. The van der Waals surface area contributed by atoms with Crippen LogP contribution in [-0.4, -0.2) is 39.6 Å². The molecular weight excluding hydrogens is 370 g/mol. The number of hydrogen-bond donors (Lipinski definition) is 1. The fourth-order valence-electron chi connectivity index (χ4n) is 2.66. The Balaban J connectivity index is 1.64. The summed E-state index contributed by atoms with van der Waals surface area (Å²) in [5, 5.41) is 3.20. The number of ether oxygens (including phenoxy) is 1. The second-order valence-electron chi connectivity index (χ2n) is 5.49. The van der Waals surface area contributed by atoms with Gasteiger partial charge in [-0.3, -0.25) is 0 Å². The van der Waals surface area contributed by atoms with Crippen LogP contribution in [0.1, 0.15) is 12.8 Å². The van der Waals surface area contributed by atoms with Gasteiger partial charge in [-0.05, 0) is 31.0 Å². The number of anilines is 1. The predicted octanol–water partition coefficient (Wildman–Crippen LogP) is 2.75. The van der Waals surface area contributed by atoms with E-state index < -0.39 is 10.0 Å². The minimum Gasteiger partial charge on any atom is -0.495 e. The monoisotopic (exact) mass is 387 g/mol. The average Bonchev–Trinajstić information content (AvgIpc) is 3.09. The molecule has 2 heterocycles. The second-order valence-corrected chi connectivity index (χ2v) is 8.49. The Morgan fingerprint density at radius 2 is 2.12 bits per heavy atom. The third-order valence-corrected chi connectivity index (χ3v) is 6.59. The normalized spacial score (nSPS) is 16.3. The predicted molar refractivity (Wildman–Crippen MR) is 95.7 cm³/mol. The molecule has 1 aromatic carbocycles. The second kappa shape index (κ2) is 7.26. The number of methoxy groups -OCH3 is 1. The van der Waals surface area contributed by atoms with Gasteiger partial charge < -0.3 is 9.64 Å². The highest BCUT2D eigenvalue weighted by Gasteiger charge is 2.26. The third kappa shape index (κ3) is 3.83. The number of hydrogen-bond acceptors (Lipinski definition) is 6. The van der Waals surface area contributed by atoms with Crippen molar-refractivity contribution in [3.05, 3.63) is 34.8 Å². The Morgan fingerprint density at radius 3 is 2.71 bits per heavy atom. The molecule has 6 nitrogen and oxygen atoms in total. The van der Waals surface area contributed by atoms with Crippen LogP contribution in [0, 0.1) is 0 Å². The highest BCUT2D eigenvalue weighted by Crippen LogP contribution is 2.28. The van der Waals surface area contributed by atoms with E-state index in [1.165, 1.54) is 19.2 Å². The molecular formula is C15H18ClN3O3S2. The first-order valence-corrected chi connectivity index (χ1v) is 10.2. The van der Waals surface area contributed by atoms with Crippen molar-refractivity contribution in [3.63, 3.8) is 0 Å². The Morgan fingerprint density at radius 1 is 1.38 bits per heavy atom. The van der Waals surface area contributed by atoms with Crippen LogP contribution >= 0.6 is 22.9 Å². The van der Waals surface area contributed by atoms with Crippen molar-refractivity contribution in [2.45, 2.75) is 23.8 Å². The summed E-state index contributed by atoms with van der Waals surface area (Å²) in [4.78, 5) is 6.62. The van der Waals surface area contributed by atoms with Crippen LogP contribution < -0.4 is 14.4 Å². The molecule has 0 aliphatic carbocycles. The number of nitrogens with zero attached hydrogens (tertiary/aromatic N) is 2. The number of halogens is 1. The molecule has 0 spiro atoms. The molecule has 130 valence electrons. The molecule has 2 aromatic rings. The summed E-state index contributed by atoms with van der Waals surface area (Å²) in [6, 6.07) is 4.37. The van der Waals surface area contributed by atoms with E-state index in [0.717, 1.165) is 31.1 Å². The average molecular weight is 388 g/mol. The van der Waals surface area contributed by atoms with Gasteiger partial charge in [0, 0.05) is 30.7 Å². The van der Waals surface area contributed by atoms with E-state index in [2.05, 4.69) is 14.6 Å². The lowest BCUT2D eigenvalue weighted by Gasteiger charge is -2.31. The van der Waals surface area contributed by atoms with E-state index in [-0.39, 0.29) is 16.0 Å². The summed E-state index contributed by atoms with van der Waals surface area (Å²) >= 11 is 7.62. The molecule has 1 aromatic heterocycles. The fraction of sp³-hybridized carbons (Fsp3) is 0.400. The van der Waals surface area contributed by atoms with E-state index in [4.69, 9.17) is 16.3 Å². The van der Waals surface area contributed by atoms with Gasteiger partial charge in [0.15, 0.2) is 5.13 Å². The van der Waals surface area contributed by atoms with Crippen LogP contribution in [0.4, 0.5) is 5.13 Å². The van der Waals surface area contributed by atoms with Gasteiger partial charge in [0.25, 0.3) is 0 Å². The van der Waals surface area contributed by atoms with Gasteiger partial charge >= 0.3 is 0 Å². The topological polar surface area (TPSA) is 71.5 Å². The molecule has 0 unspecified atom stereocenters. The first-order valence-electron chi connectivity index (χ1n) is 7.50. The molecule has 1 fully saturated rings. The Bertz CT molecular complexity index is 788. The van der Waals surface area contributed by atoms with Crippen molar-refractivity contribution >= 4 is 38.1 Å². The molecule has 0 atom stereocenters. The van der Waals surface area contributed by atoms with E-state index in [1.54, 1.807) is 23.6 Å². The SMILES string of the molecule is COc1ccc(S(=O)(=O)NC2CCN(c3nccs3)CC2)cc1Cl. The summed E-state index contributed by atoms with van der Waals surface area (Å²) in [5.74, 6) is 0.451. The highest BCUT2D eigenvalue weighted by molar-refractivity contribution is 7.89. The molecule has 24 heavy (non-hydrogen) atoms. The number of piperidine rings is 1. The van der Waals surface area contributed by atoms with E-state index in [9.17, 15) is 8.42 Å². The molecule has 3 rings (SSSR count). The van der Waals surface area contributed by atoms with Crippen molar-refractivity contribution in [2.75, 3.05) is 25.1 Å². The maximum absolute atomic E-state index is 12.5. The van der Waals surface area contributed by atoms with Crippen LogP contribution in [0.25, 0.3) is 0 Å². The first kappa shape index (κ1) is 17.5. The van der Waals surface area contributed by atoms with Gasteiger partial charge in [-0.25, -0.2) is 18.1 Å². The third-order valence-electron chi connectivity index (χ3n) is 3.94. The molecule has 0 bridgehead atoms. The number of thiazole rings is 1. The largest absolute Gasteiger partial charge is 0.495 e. The number of aromatic nitrogens is 1. The first-order chi connectivity index (χ1) is 11.5. The summed E-state index contributed by atoms with van der Waals surface area (Å²) in [7, 11) is -2.11. The maximum Gasteiger partial charge on any atom is 0.240 e. The number of nitrogens with one attached hydrogen (secondary N) is 1. The van der Waals surface area contributed by atoms with Crippen LogP contribution in [0.2, 0.25) is 5.02 Å². The van der Waals surface area contributed by atoms with Crippen molar-refractivity contribution < 1.29 is 13.2 Å². The van der Waals surface area contributed by atoms with E-state index in [0.29, 0.717) is 5.75 Å². The van der Waals surface area contributed by atoms with Gasteiger partial charge in [-0.15, -0.1) is 11.3 Å².